The standard InChI is InChI=1S/C14H15N3O2/c1-2-18-7-8-19-14-5-3-13(4-6-14)17-11-12(9-15)10-16/h3-6,11,17H,2,7-8H2,1H3. The van der Waals surface area contributed by atoms with Crippen molar-refractivity contribution in [1.29, 1.82) is 10.5 Å². The highest BCUT2D eigenvalue weighted by Gasteiger charge is 1.95. The van der Waals surface area contributed by atoms with Gasteiger partial charge in [-0.15, -0.1) is 0 Å². The van der Waals surface area contributed by atoms with Gasteiger partial charge in [-0.1, -0.05) is 0 Å². The minimum absolute atomic E-state index is 0.0250. The molecule has 0 saturated carbocycles. The Morgan fingerprint density at radius 3 is 2.47 bits per heavy atom. The Balaban J connectivity index is 2.46. The third-order valence-corrected chi connectivity index (χ3v) is 2.18. The molecule has 1 aromatic rings. The number of benzene rings is 1. The van der Waals surface area contributed by atoms with Crippen molar-refractivity contribution in [3.05, 3.63) is 36.0 Å². The van der Waals surface area contributed by atoms with Crippen LogP contribution in [0.4, 0.5) is 5.69 Å². The van der Waals surface area contributed by atoms with E-state index in [1.807, 2.05) is 6.92 Å². The van der Waals surface area contributed by atoms with E-state index in [1.54, 1.807) is 36.4 Å². The minimum atomic E-state index is 0.0250. The van der Waals surface area contributed by atoms with Crippen LogP contribution in [0.1, 0.15) is 6.92 Å². The van der Waals surface area contributed by atoms with Crippen LogP contribution in [0.2, 0.25) is 0 Å². The average molecular weight is 257 g/mol. The van der Waals surface area contributed by atoms with Crippen LogP contribution in [0.3, 0.4) is 0 Å². The number of rotatable bonds is 7. The summed E-state index contributed by atoms with van der Waals surface area (Å²) >= 11 is 0. The first-order valence-corrected chi connectivity index (χ1v) is 5.87. The highest BCUT2D eigenvalue weighted by Crippen LogP contribution is 2.15. The number of nitrogens with one attached hydrogen (secondary N) is 1. The summed E-state index contributed by atoms with van der Waals surface area (Å²) < 4.78 is 10.6. The summed E-state index contributed by atoms with van der Waals surface area (Å²) in [6.45, 7) is 3.68. The molecule has 1 N–H and O–H groups in total. The van der Waals surface area contributed by atoms with Gasteiger partial charge in [0.05, 0.1) is 6.61 Å². The molecule has 0 unspecified atom stereocenters. The average Bonchev–Trinajstić information content (AvgIpc) is 2.46. The van der Waals surface area contributed by atoms with Gasteiger partial charge >= 0.3 is 0 Å². The summed E-state index contributed by atoms with van der Waals surface area (Å²) in [7, 11) is 0. The molecule has 0 radical (unpaired) electrons. The van der Waals surface area contributed by atoms with Gasteiger partial charge in [-0.3, -0.25) is 0 Å². The van der Waals surface area contributed by atoms with Crippen LogP contribution in [0.5, 0.6) is 5.75 Å². The molecule has 0 aliphatic carbocycles. The summed E-state index contributed by atoms with van der Waals surface area (Å²) in [6.07, 6.45) is 1.37. The number of nitrogens with zero attached hydrogens (tertiary/aromatic N) is 2. The topological polar surface area (TPSA) is 78.1 Å². The molecule has 1 aromatic carbocycles. The van der Waals surface area contributed by atoms with E-state index in [-0.39, 0.29) is 5.57 Å². The maximum absolute atomic E-state index is 8.58. The van der Waals surface area contributed by atoms with Crippen LogP contribution >= 0.6 is 0 Å². The largest absolute Gasteiger partial charge is 0.491 e. The van der Waals surface area contributed by atoms with E-state index in [0.717, 1.165) is 11.4 Å². The van der Waals surface area contributed by atoms with Crippen molar-refractivity contribution in [2.45, 2.75) is 6.92 Å². The molecular weight excluding hydrogens is 242 g/mol. The van der Waals surface area contributed by atoms with Gasteiger partial charge in [-0.25, -0.2) is 0 Å². The molecule has 0 atom stereocenters. The van der Waals surface area contributed by atoms with E-state index in [0.29, 0.717) is 19.8 Å². The molecule has 0 saturated heterocycles. The Morgan fingerprint density at radius 2 is 1.89 bits per heavy atom. The molecule has 98 valence electrons. The maximum atomic E-state index is 8.58. The Kier molecular flexibility index (Phi) is 6.57. The van der Waals surface area contributed by atoms with Gasteiger partial charge in [0.1, 0.15) is 30.1 Å². The summed E-state index contributed by atoms with van der Waals surface area (Å²) in [6, 6.07) is 10.8. The fourth-order valence-corrected chi connectivity index (χ4v) is 1.26. The highest BCUT2D eigenvalue weighted by molar-refractivity contribution is 5.51. The predicted octanol–water partition coefficient (Wildman–Crippen LogP) is 2.44. The third kappa shape index (κ3) is 5.58. The lowest BCUT2D eigenvalue weighted by atomic mass is 10.3. The van der Waals surface area contributed by atoms with E-state index in [2.05, 4.69) is 5.32 Å². The van der Waals surface area contributed by atoms with Gasteiger partial charge in [-0.05, 0) is 31.2 Å². The molecule has 0 heterocycles. The van der Waals surface area contributed by atoms with Gasteiger partial charge in [0, 0.05) is 18.5 Å². The summed E-state index contributed by atoms with van der Waals surface area (Å²) in [4.78, 5) is 0. The molecule has 19 heavy (non-hydrogen) atoms. The molecule has 1 rings (SSSR count). The van der Waals surface area contributed by atoms with E-state index >= 15 is 0 Å². The lowest BCUT2D eigenvalue weighted by Gasteiger charge is -2.07. The minimum Gasteiger partial charge on any atom is -0.491 e. The molecule has 0 amide bonds. The second-order valence-electron chi connectivity index (χ2n) is 3.50. The fraction of sp³-hybridized carbons (Fsp3) is 0.286. The molecule has 0 aromatic heterocycles. The molecule has 0 aliphatic rings. The van der Waals surface area contributed by atoms with Crippen LogP contribution in [-0.4, -0.2) is 19.8 Å². The molecular formula is C14H15N3O2. The van der Waals surface area contributed by atoms with Gasteiger partial charge in [0.15, 0.2) is 0 Å². The lowest BCUT2D eigenvalue weighted by Crippen LogP contribution is -2.06. The lowest BCUT2D eigenvalue weighted by molar-refractivity contribution is 0.110. The zero-order valence-electron chi connectivity index (χ0n) is 10.7. The number of allylic oxidation sites excluding steroid dienone is 1. The Labute approximate surface area is 112 Å². The quantitative estimate of drug-likeness (QED) is 0.599. The Hall–Kier alpha value is -2.50. The van der Waals surface area contributed by atoms with E-state index in [4.69, 9.17) is 20.0 Å². The zero-order valence-corrected chi connectivity index (χ0v) is 10.7. The predicted molar refractivity (Wildman–Crippen MR) is 71.4 cm³/mol. The number of hydrogen-bond acceptors (Lipinski definition) is 5. The van der Waals surface area contributed by atoms with Crippen LogP contribution < -0.4 is 10.1 Å². The second-order valence-corrected chi connectivity index (χ2v) is 3.50. The first-order valence-electron chi connectivity index (χ1n) is 5.87. The van der Waals surface area contributed by atoms with Crippen LogP contribution in [0.25, 0.3) is 0 Å². The van der Waals surface area contributed by atoms with E-state index < -0.39 is 0 Å². The van der Waals surface area contributed by atoms with Gasteiger partial charge in [-0.2, -0.15) is 10.5 Å². The Bertz CT molecular complexity index is 479. The Morgan fingerprint density at radius 1 is 1.21 bits per heavy atom. The first-order chi connectivity index (χ1) is 9.30. The molecule has 0 aliphatic heterocycles. The van der Waals surface area contributed by atoms with Crippen molar-refractivity contribution >= 4 is 5.69 Å². The zero-order chi connectivity index (χ0) is 13.9. The summed E-state index contributed by atoms with van der Waals surface area (Å²) in [5.74, 6) is 0.745. The van der Waals surface area contributed by atoms with Crippen molar-refractivity contribution in [3.63, 3.8) is 0 Å². The number of anilines is 1. The van der Waals surface area contributed by atoms with Crippen molar-refractivity contribution in [2.24, 2.45) is 0 Å². The van der Waals surface area contributed by atoms with E-state index in [9.17, 15) is 0 Å². The number of nitriles is 2. The highest BCUT2D eigenvalue weighted by atomic mass is 16.5. The van der Waals surface area contributed by atoms with E-state index in [1.165, 1.54) is 6.20 Å². The van der Waals surface area contributed by atoms with Crippen molar-refractivity contribution in [3.8, 4) is 17.9 Å². The molecule has 5 nitrogen and oxygen atoms in total. The monoisotopic (exact) mass is 257 g/mol. The fourth-order valence-electron chi connectivity index (χ4n) is 1.26. The SMILES string of the molecule is CCOCCOc1ccc(NC=C(C#N)C#N)cc1. The smallest absolute Gasteiger partial charge is 0.145 e. The van der Waals surface area contributed by atoms with Crippen molar-refractivity contribution in [1.82, 2.24) is 0 Å². The van der Waals surface area contributed by atoms with Gasteiger partial charge < -0.3 is 14.8 Å². The third-order valence-electron chi connectivity index (χ3n) is 2.18. The van der Waals surface area contributed by atoms with Gasteiger partial charge in [0.2, 0.25) is 0 Å². The molecule has 0 fully saturated rings. The number of ether oxygens (including phenoxy) is 2. The van der Waals surface area contributed by atoms with Crippen LogP contribution in [0.15, 0.2) is 36.0 Å². The number of hydrogen-bond donors (Lipinski definition) is 1. The molecule has 0 spiro atoms. The maximum Gasteiger partial charge on any atom is 0.145 e. The van der Waals surface area contributed by atoms with Crippen LogP contribution in [-0.2, 0) is 4.74 Å². The van der Waals surface area contributed by atoms with Gasteiger partial charge in [0.25, 0.3) is 0 Å². The molecule has 5 heteroatoms. The summed E-state index contributed by atoms with van der Waals surface area (Å²) in [5, 5.41) is 20.0. The van der Waals surface area contributed by atoms with Crippen molar-refractivity contribution < 1.29 is 9.47 Å². The summed E-state index contributed by atoms with van der Waals surface area (Å²) in [5.41, 5.74) is 0.803. The first kappa shape index (κ1) is 14.6. The second kappa shape index (κ2) is 8.57. The molecule has 0 bridgehead atoms. The van der Waals surface area contributed by atoms with Crippen molar-refractivity contribution in [2.75, 3.05) is 25.1 Å². The normalized spacial score (nSPS) is 9.00. The van der Waals surface area contributed by atoms with Crippen LogP contribution in [0, 0.1) is 22.7 Å².